The minimum absolute atomic E-state index is 0.459. The van der Waals surface area contributed by atoms with Crippen molar-refractivity contribution in [2.24, 2.45) is 5.92 Å². The van der Waals surface area contributed by atoms with Gasteiger partial charge in [0.15, 0.2) is 0 Å². The quantitative estimate of drug-likeness (QED) is 0.567. The van der Waals surface area contributed by atoms with Crippen molar-refractivity contribution >= 4 is 31.9 Å². The number of hydrogen-bond acceptors (Lipinski definition) is 1. The van der Waals surface area contributed by atoms with E-state index in [-0.39, 0.29) is 0 Å². The highest BCUT2D eigenvalue weighted by Crippen LogP contribution is 2.30. The normalized spacial score (nSPS) is 12.9. The fourth-order valence-corrected chi connectivity index (χ4v) is 3.52. The minimum Gasteiger partial charge on any atom is -0.310 e. The lowest BCUT2D eigenvalue weighted by Crippen LogP contribution is -2.22. The van der Waals surface area contributed by atoms with E-state index in [4.69, 9.17) is 0 Å². The summed E-state index contributed by atoms with van der Waals surface area (Å²) in [5, 5.41) is 3.67. The maximum absolute atomic E-state index is 3.69. The largest absolute Gasteiger partial charge is 0.310 e. The van der Waals surface area contributed by atoms with Crippen molar-refractivity contribution in [2.75, 3.05) is 6.54 Å². The van der Waals surface area contributed by atoms with E-state index in [9.17, 15) is 0 Å². The summed E-state index contributed by atoms with van der Waals surface area (Å²) < 4.78 is 2.32. The molecule has 108 valence electrons. The van der Waals surface area contributed by atoms with E-state index < -0.39 is 0 Å². The lowest BCUT2D eigenvalue weighted by atomic mass is 9.98. The summed E-state index contributed by atoms with van der Waals surface area (Å²) in [6.45, 7) is 7.89. The zero-order valence-corrected chi connectivity index (χ0v) is 15.4. The Labute approximate surface area is 134 Å². The second kappa shape index (κ2) is 9.15. The first kappa shape index (κ1) is 17.2. The molecule has 0 amide bonds. The number of hydrogen-bond donors (Lipinski definition) is 1. The van der Waals surface area contributed by atoms with Crippen LogP contribution >= 0.6 is 31.9 Å². The van der Waals surface area contributed by atoms with E-state index in [1.54, 1.807) is 0 Å². The van der Waals surface area contributed by atoms with Gasteiger partial charge in [-0.15, -0.1) is 0 Å². The molecule has 1 aromatic carbocycles. The predicted molar refractivity (Wildman–Crippen MR) is 91.6 cm³/mol. The molecule has 1 nitrogen and oxygen atoms in total. The van der Waals surface area contributed by atoms with Crippen LogP contribution in [-0.4, -0.2) is 6.54 Å². The van der Waals surface area contributed by atoms with E-state index in [0.717, 1.165) is 16.9 Å². The number of benzene rings is 1. The molecule has 1 rings (SSSR count). The fourth-order valence-electron chi connectivity index (χ4n) is 2.20. The Morgan fingerprint density at radius 3 is 2.47 bits per heavy atom. The van der Waals surface area contributed by atoms with Crippen molar-refractivity contribution in [1.82, 2.24) is 5.32 Å². The van der Waals surface area contributed by atoms with Crippen molar-refractivity contribution in [3.63, 3.8) is 0 Å². The highest BCUT2D eigenvalue weighted by Gasteiger charge is 2.14. The Hall–Kier alpha value is 0.140. The first-order valence-electron chi connectivity index (χ1n) is 7.23. The molecule has 0 aromatic heterocycles. The van der Waals surface area contributed by atoms with Gasteiger partial charge < -0.3 is 5.32 Å². The molecule has 1 atom stereocenters. The van der Waals surface area contributed by atoms with Crippen LogP contribution in [0.3, 0.4) is 0 Å². The van der Waals surface area contributed by atoms with Gasteiger partial charge >= 0.3 is 0 Å². The van der Waals surface area contributed by atoms with Crippen LogP contribution in [0, 0.1) is 5.92 Å². The van der Waals surface area contributed by atoms with Gasteiger partial charge in [0.2, 0.25) is 0 Å². The SMILES string of the molecule is CCCNC(CCCC(C)C)c1ccc(Br)cc1Br. The van der Waals surface area contributed by atoms with Crippen molar-refractivity contribution in [2.45, 2.75) is 52.5 Å². The Balaban J connectivity index is 2.71. The molecule has 0 heterocycles. The lowest BCUT2D eigenvalue weighted by Gasteiger charge is -2.21. The number of rotatable bonds is 8. The first-order valence-corrected chi connectivity index (χ1v) is 8.81. The summed E-state index contributed by atoms with van der Waals surface area (Å²) in [6, 6.07) is 6.94. The highest BCUT2D eigenvalue weighted by molar-refractivity contribution is 9.11. The number of nitrogens with one attached hydrogen (secondary N) is 1. The molecule has 0 saturated heterocycles. The summed E-state index contributed by atoms with van der Waals surface area (Å²) in [5.74, 6) is 0.792. The lowest BCUT2D eigenvalue weighted by molar-refractivity contribution is 0.446. The Bertz CT molecular complexity index is 377. The van der Waals surface area contributed by atoms with Crippen LogP contribution in [0.4, 0.5) is 0 Å². The van der Waals surface area contributed by atoms with Crippen LogP contribution in [0.1, 0.15) is 58.1 Å². The number of halogens is 2. The zero-order valence-electron chi connectivity index (χ0n) is 12.2. The smallest absolute Gasteiger partial charge is 0.0331 e. The molecular weight excluding hydrogens is 366 g/mol. The van der Waals surface area contributed by atoms with Crippen LogP contribution in [0.25, 0.3) is 0 Å². The molecule has 0 bridgehead atoms. The van der Waals surface area contributed by atoms with Gasteiger partial charge in [-0.1, -0.05) is 71.5 Å². The van der Waals surface area contributed by atoms with Crippen molar-refractivity contribution < 1.29 is 0 Å². The van der Waals surface area contributed by atoms with Crippen LogP contribution < -0.4 is 5.32 Å². The van der Waals surface area contributed by atoms with E-state index >= 15 is 0 Å². The van der Waals surface area contributed by atoms with E-state index in [0.29, 0.717) is 6.04 Å². The van der Waals surface area contributed by atoms with Crippen molar-refractivity contribution in [3.8, 4) is 0 Å². The van der Waals surface area contributed by atoms with Gasteiger partial charge in [-0.3, -0.25) is 0 Å². The maximum Gasteiger partial charge on any atom is 0.0331 e. The Kier molecular flexibility index (Phi) is 8.27. The zero-order chi connectivity index (χ0) is 14.3. The average molecular weight is 391 g/mol. The summed E-state index contributed by atoms with van der Waals surface area (Å²) in [6.07, 6.45) is 4.97. The van der Waals surface area contributed by atoms with Crippen LogP contribution in [-0.2, 0) is 0 Å². The molecular formula is C16H25Br2N. The molecule has 1 aromatic rings. The minimum atomic E-state index is 0.459. The molecule has 0 aliphatic heterocycles. The van der Waals surface area contributed by atoms with Crippen molar-refractivity contribution in [3.05, 3.63) is 32.7 Å². The highest BCUT2D eigenvalue weighted by atomic mass is 79.9. The molecule has 0 radical (unpaired) electrons. The van der Waals surface area contributed by atoms with E-state index in [2.05, 4.69) is 76.1 Å². The van der Waals surface area contributed by atoms with Gasteiger partial charge in [-0.2, -0.15) is 0 Å². The van der Waals surface area contributed by atoms with Gasteiger partial charge in [0, 0.05) is 15.0 Å². The molecule has 0 aliphatic rings. The predicted octanol–water partition coefficient (Wildman–Crippen LogP) is 6.08. The van der Waals surface area contributed by atoms with Crippen LogP contribution in [0.2, 0.25) is 0 Å². The molecule has 1 N–H and O–H groups in total. The molecule has 19 heavy (non-hydrogen) atoms. The summed E-state index contributed by atoms with van der Waals surface area (Å²) in [7, 11) is 0. The van der Waals surface area contributed by atoms with Gasteiger partial charge in [-0.05, 0) is 43.0 Å². The van der Waals surface area contributed by atoms with Gasteiger partial charge in [-0.25, -0.2) is 0 Å². The second-order valence-corrected chi connectivity index (χ2v) is 7.27. The Morgan fingerprint density at radius 1 is 1.16 bits per heavy atom. The molecule has 3 heteroatoms. The standard InChI is InChI=1S/C16H25Br2N/c1-4-10-19-16(7-5-6-12(2)3)14-9-8-13(17)11-15(14)18/h8-9,11-12,16,19H,4-7,10H2,1-3H3. The molecule has 0 saturated carbocycles. The van der Waals surface area contributed by atoms with Gasteiger partial charge in [0.25, 0.3) is 0 Å². The fraction of sp³-hybridized carbons (Fsp3) is 0.625. The third-order valence-electron chi connectivity index (χ3n) is 3.25. The molecule has 0 fully saturated rings. The third kappa shape index (κ3) is 6.42. The van der Waals surface area contributed by atoms with Gasteiger partial charge in [0.05, 0.1) is 0 Å². The third-order valence-corrected chi connectivity index (χ3v) is 4.43. The Morgan fingerprint density at radius 2 is 1.89 bits per heavy atom. The van der Waals surface area contributed by atoms with Gasteiger partial charge in [0.1, 0.15) is 0 Å². The average Bonchev–Trinajstić information content (AvgIpc) is 2.34. The second-order valence-electron chi connectivity index (χ2n) is 5.50. The van der Waals surface area contributed by atoms with E-state index in [1.165, 1.54) is 35.7 Å². The summed E-state index contributed by atoms with van der Waals surface area (Å²) >= 11 is 7.21. The monoisotopic (exact) mass is 389 g/mol. The van der Waals surface area contributed by atoms with E-state index in [1.807, 2.05) is 0 Å². The maximum atomic E-state index is 3.69. The van der Waals surface area contributed by atoms with Crippen LogP contribution in [0.15, 0.2) is 27.1 Å². The van der Waals surface area contributed by atoms with Crippen LogP contribution in [0.5, 0.6) is 0 Å². The molecule has 1 unspecified atom stereocenters. The summed E-state index contributed by atoms with van der Waals surface area (Å²) in [5.41, 5.74) is 1.38. The molecule has 0 aliphatic carbocycles. The topological polar surface area (TPSA) is 12.0 Å². The van der Waals surface area contributed by atoms with Crippen molar-refractivity contribution in [1.29, 1.82) is 0 Å². The molecule has 0 spiro atoms. The summed E-state index contributed by atoms with van der Waals surface area (Å²) in [4.78, 5) is 0. The first-order chi connectivity index (χ1) is 9.04.